The lowest BCUT2D eigenvalue weighted by atomic mass is 10.2. The van der Waals surface area contributed by atoms with Gasteiger partial charge < -0.3 is 0 Å². The Morgan fingerprint density at radius 2 is 2.00 bits per heavy atom. The van der Waals surface area contributed by atoms with Gasteiger partial charge in [-0.2, -0.15) is 13.8 Å². The maximum atomic E-state index is 13.1. The molecule has 2 nitrogen and oxygen atoms in total. The van der Waals surface area contributed by atoms with Gasteiger partial charge in [-0.1, -0.05) is 11.8 Å². The second-order valence-corrected chi connectivity index (χ2v) is 4.41. The maximum absolute atomic E-state index is 13.1. The van der Waals surface area contributed by atoms with Crippen molar-refractivity contribution >= 4 is 16.9 Å². The fourth-order valence-electron chi connectivity index (χ4n) is 1.06. The van der Waals surface area contributed by atoms with E-state index >= 15 is 0 Å². The Bertz CT molecular complexity index is 397. The minimum absolute atomic E-state index is 0.117. The lowest BCUT2D eigenvalue weighted by molar-refractivity contribution is -0.109. The highest BCUT2D eigenvalue weighted by molar-refractivity contribution is 8.13. The van der Waals surface area contributed by atoms with Gasteiger partial charge in [-0.25, -0.2) is 4.39 Å². The van der Waals surface area contributed by atoms with E-state index in [4.69, 9.17) is 0 Å². The molecule has 0 radical (unpaired) electrons. The molecule has 1 aromatic rings. The largest absolute Gasteiger partial charge is 0.288 e. The zero-order valence-electron chi connectivity index (χ0n) is 8.05. The molecule has 0 saturated heterocycles. The van der Waals surface area contributed by atoms with Crippen molar-refractivity contribution in [3.63, 3.8) is 0 Å². The Morgan fingerprint density at radius 3 is 2.53 bits per heavy atom. The minimum Gasteiger partial charge on any atom is -0.288 e. The Kier molecular flexibility index (Phi) is 3.73. The van der Waals surface area contributed by atoms with E-state index in [0.717, 1.165) is 17.8 Å². The molecule has 82 valence electrons. The molecule has 1 heterocycles. The lowest BCUT2D eigenvalue weighted by Gasteiger charge is -2.09. The molecule has 0 bridgehead atoms. The molecule has 0 amide bonds. The van der Waals surface area contributed by atoms with Crippen LogP contribution in [0.1, 0.15) is 24.7 Å². The smallest absolute Gasteiger partial charge is 0.251 e. The third-order valence-electron chi connectivity index (χ3n) is 1.69. The molecule has 1 aromatic heterocycles. The number of hydrogen-bond donors (Lipinski definition) is 0. The summed E-state index contributed by atoms with van der Waals surface area (Å²) in [5.41, 5.74) is -0.117. The van der Waals surface area contributed by atoms with Crippen LogP contribution >= 0.6 is 11.8 Å². The molecule has 0 aliphatic heterocycles. The topological polar surface area (TPSA) is 30.0 Å². The molecule has 0 spiro atoms. The second-order valence-electron chi connectivity index (χ2n) is 2.89. The second kappa shape index (κ2) is 4.65. The number of rotatable bonds is 2. The summed E-state index contributed by atoms with van der Waals surface area (Å²) >= 11 is 0.828. The summed E-state index contributed by atoms with van der Waals surface area (Å²) in [4.78, 5) is 13.5. The molecule has 0 fully saturated rings. The summed E-state index contributed by atoms with van der Waals surface area (Å²) < 4.78 is 38.3. The predicted octanol–water partition coefficient (Wildman–Crippen LogP) is 2.84. The molecule has 6 heteroatoms. The maximum Gasteiger partial charge on any atom is 0.251 e. The van der Waals surface area contributed by atoms with Gasteiger partial charge in [-0.3, -0.25) is 4.79 Å². The number of carbonyl (C=O) groups excluding carboxylic acids is 1. The van der Waals surface area contributed by atoms with Crippen molar-refractivity contribution in [3.05, 3.63) is 29.3 Å². The van der Waals surface area contributed by atoms with Gasteiger partial charge in [0.15, 0.2) is 10.9 Å². The normalized spacial score (nSPS) is 12.6. The number of halogens is 3. The molecule has 15 heavy (non-hydrogen) atoms. The van der Waals surface area contributed by atoms with E-state index in [2.05, 4.69) is 4.98 Å². The summed E-state index contributed by atoms with van der Waals surface area (Å²) in [7, 11) is 0. The predicted molar refractivity (Wildman–Crippen MR) is 50.8 cm³/mol. The van der Waals surface area contributed by atoms with Crippen molar-refractivity contribution in [1.82, 2.24) is 4.98 Å². The van der Waals surface area contributed by atoms with E-state index < -0.39 is 23.0 Å². The average Bonchev–Trinajstić information content (AvgIpc) is 2.09. The zero-order chi connectivity index (χ0) is 11.6. The molecule has 1 unspecified atom stereocenters. The van der Waals surface area contributed by atoms with Crippen LogP contribution in [0.2, 0.25) is 0 Å². The van der Waals surface area contributed by atoms with Crippen LogP contribution in [0.5, 0.6) is 0 Å². The highest BCUT2D eigenvalue weighted by Crippen LogP contribution is 2.30. The van der Waals surface area contributed by atoms with Gasteiger partial charge in [-0.15, -0.1) is 0 Å². The third kappa shape index (κ3) is 2.95. The summed E-state index contributed by atoms with van der Waals surface area (Å²) in [6.45, 7) is 2.83. The molecular formula is C9H8F3NOS. The van der Waals surface area contributed by atoms with Crippen LogP contribution in [0, 0.1) is 17.7 Å². The van der Waals surface area contributed by atoms with Crippen LogP contribution in [0.4, 0.5) is 13.2 Å². The van der Waals surface area contributed by atoms with Gasteiger partial charge in [0.05, 0.1) is 0 Å². The van der Waals surface area contributed by atoms with Gasteiger partial charge in [0.2, 0.25) is 5.95 Å². The van der Waals surface area contributed by atoms with Crippen molar-refractivity contribution in [2.24, 2.45) is 0 Å². The summed E-state index contributed by atoms with van der Waals surface area (Å²) in [5.74, 6) is -3.78. The van der Waals surface area contributed by atoms with Gasteiger partial charge in [0.1, 0.15) is 0 Å². The first kappa shape index (κ1) is 12.0. The first-order chi connectivity index (χ1) is 6.91. The molecule has 1 rings (SSSR count). The van der Waals surface area contributed by atoms with E-state index in [0.29, 0.717) is 0 Å². The SMILES string of the molecule is CC(=O)SC(C)c1cc(F)c(F)nc1F. The highest BCUT2D eigenvalue weighted by atomic mass is 32.2. The number of nitrogens with zero attached hydrogens (tertiary/aromatic N) is 1. The van der Waals surface area contributed by atoms with Crippen LogP contribution in [-0.4, -0.2) is 10.1 Å². The highest BCUT2D eigenvalue weighted by Gasteiger charge is 2.18. The standard InChI is InChI=1S/C9H8F3NOS/c1-4(15-5(2)14)6-3-7(10)9(12)13-8(6)11/h3-4H,1-2H3. The fraction of sp³-hybridized carbons (Fsp3) is 0.333. The molecule has 0 saturated carbocycles. The quantitative estimate of drug-likeness (QED) is 0.738. The molecule has 0 aliphatic rings. The number of pyridine rings is 1. The monoisotopic (exact) mass is 235 g/mol. The fourth-order valence-corrected chi connectivity index (χ4v) is 1.85. The number of aromatic nitrogens is 1. The van der Waals surface area contributed by atoms with Crippen LogP contribution in [0.25, 0.3) is 0 Å². The Labute approximate surface area is 88.9 Å². The summed E-state index contributed by atoms with van der Waals surface area (Å²) in [5, 5.41) is -0.822. The first-order valence-corrected chi connectivity index (χ1v) is 4.98. The molecule has 0 aromatic carbocycles. The van der Waals surface area contributed by atoms with Crippen molar-refractivity contribution in [2.75, 3.05) is 0 Å². The van der Waals surface area contributed by atoms with Crippen molar-refractivity contribution in [2.45, 2.75) is 19.1 Å². The Balaban J connectivity index is 3.03. The van der Waals surface area contributed by atoms with Crippen molar-refractivity contribution in [3.8, 4) is 0 Å². The summed E-state index contributed by atoms with van der Waals surface area (Å²) in [6.07, 6.45) is 0. The van der Waals surface area contributed by atoms with E-state index in [1.807, 2.05) is 0 Å². The van der Waals surface area contributed by atoms with Crippen molar-refractivity contribution < 1.29 is 18.0 Å². The van der Waals surface area contributed by atoms with E-state index in [1.165, 1.54) is 13.8 Å². The lowest BCUT2D eigenvalue weighted by Crippen LogP contribution is -2.03. The van der Waals surface area contributed by atoms with Crippen molar-refractivity contribution in [1.29, 1.82) is 0 Å². The number of hydrogen-bond acceptors (Lipinski definition) is 3. The Hall–Kier alpha value is -1.04. The molecule has 0 aliphatic carbocycles. The van der Waals surface area contributed by atoms with E-state index in [-0.39, 0.29) is 10.7 Å². The molecular weight excluding hydrogens is 227 g/mol. The summed E-state index contributed by atoms with van der Waals surface area (Å²) in [6, 6.07) is 0.721. The molecule has 0 N–H and O–H groups in total. The van der Waals surface area contributed by atoms with Gasteiger partial charge in [0.25, 0.3) is 5.95 Å². The number of carbonyl (C=O) groups is 1. The minimum atomic E-state index is -1.48. The Morgan fingerprint density at radius 1 is 1.40 bits per heavy atom. The van der Waals surface area contributed by atoms with E-state index in [1.54, 1.807) is 0 Å². The van der Waals surface area contributed by atoms with Gasteiger partial charge >= 0.3 is 0 Å². The van der Waals surface area contributed by atoms with Crippen LogP contribution in [-0.2, 0) is 4.79 Å². The number of thioether (sulfide) groups is 1. The van der Waals surface area contributed by atoms with Gasteiger partial charge in [-0.05, 0) is 13.0 Å². The van der Waals surface area contributed by atoms with Crippen LogP contribution < -0.4 is 0 Å². The first-order valence-electron chi connectivity index (χ1n) is 4.10. The van der Waals surface area contributed by atoms with E-state index in [9.17, 15) is 18.0 Å². The van der Waals surface area contributed by atoms with Crippen LogP contribution in [0.3, 0.4) is 0 Å². The van der Waals surface area contributed by atoms with Gasteiger partial charge in [0, 0.05) is 17.7 Å². The van der Waals surface area contributed by atoms with Crippen LogP contribution in [0.15, 0.2) is 6.07 Å². The zero-order valence-corrected chi connectivity index (χ0v) is 8.87. The third-order valence-corrected chi connectivity index (χ3v) is 2.63. The average molecular weight is 235 g/mol. The molecule has 1 atom stereocenters.